The van der Waals surface area contributed by atoms with E-state index < -0.39 is 0 Å². The predicted molar refractivity (Wildman–Crippen MR) is 105 cm³/mol. The highest BCUT2D eigenvalue weighted by Crippen LogP contribution is 2.19. The summed E-state index contributed by atoms with van der Waals surface area (Å²) in [6.45, 7) is 6.18. The van der Waals surface area contributed by atoms with Gasteiger partial charge in [0, 0.05) is 5.75 Å². The van der Waals surface area contributed by atoms with E-state index in [1.54, 1.807) is 0 Å². The molecule has 0 unspecified atom stereocenters. The van der Waals surface area contributed by atoms with Gasteiger partial charge in [0.2, 0.25) is 0 Å². The molecule has 0 spiro atoms. The van der Waals surface area contributed by atoms with E-state index >= 15 is 0 Å². The Bertz CT molecular complexity index is 383. The first-order valence-corrected chi connectivity index (χ1v) is 10.3. The van der Waals surface area contributed by atoms with Crippen LogP contribution in [0, 0.1) is 0 Å². The molecule has 0 aliphatic heterocycles. The molecule has 0 amide bonds. The molecule has 0 atom stereocenters. The Morgan fingerprint density at radius 2 is 1.45 bits per heavy atom. The lowest BCUT2D eigenvalue weighted by molar-refractivity contribution is 0.563. The van der Waals surface area contributed by atoms with Crippen molar-refractivity contribution in [3.63, 3.8) is 0 Å². The van der Waals surface area contributed by atoms with Gasteiger partial charge in [-0.05, 0) is 23.3 Å². The van der Waals surface area contributed by atoms with Crippen molar-refractivity contribution in [2.75, 3.05) is 5.75 Å². The van der Waals surface area contributed by atoms with Crippen LogP contribution in [-0.2, 0) is 5.75 Å². The molecule has 1 aromatic carbocycles. The molecule has 0 heterocycles. The van der Waals surface area contributed by atoms with Gasteiger partial charge in [-0.2, -0.15) is 11.8 Å². The molecule has 0 bridgehead atoms. The molecular formula is C21H34S. The fraction of sp³-hybridized carbons (Fsp3) is 0.619. The topological polar surface area (TPSA) is 0 Å². The average Bonchev–Trinajstić information content (AvgIpc) is 2.56. The van der Waals surface area contributed by atoms with Crippen LogP contribution in [0.3, 0.4) is 0 Å². The summed E-state index contributed by atoms with van der Waals surface area (Å²) in [4.78, 5) is 0. The Kier molecular flexibility index (Phi) is 12.3. The lowest BCUT2D eigenvalue weighted by Crippen LogP contribution is -1.88. The standard InChI is InChI=1S/C21H34S/c1-3-5-6-7-8-9-10-11-12-15-18-22-19-21-17-14-13-16-20(21)4-2/h4,13-14,16-17H,2-3,5-12,15,18-19H2,1H3. The second kappa shape index (κ2) is 13.9. The summed E-state index contributed by atoms with van der Waals surface area (Å²) in [5.74, 6) is 2.42. The minimum atomic E-state index is 1.12. The molecule has 1 aromatic rings. The molecule has 1 rings (SSSR count). The highest BCUT2D eigenvalue weighted by molar-refractivity contribution is 7.98. The second-order valence-electron chi connectivity index (χ2n) is 6.14. The fourth-order valence-electron chi connectivity index (χ4n) is 2.74. The first-order valence-electron chi connectivity index (χ1n) is 9.16. The predicted octanol–water partition coefficient (Wildman–Crippen LogP) is 7.48. The summed E-state index contributed by atoms with van der Waals surface area (Å²) in [6.07, 6.45) is 16.2. The largest absolute Gasteiger partial charge is 0.157 e. The molecule has 0 fully saturated rings. The van der Waals surface area contributed by atoms with Crippen LogP contribution in [0.25, 0.3) is 6.08 Å². The van der Waals surface area contributed by atoms with Crippen molar-refractivity contribution in [2.45, 2.75) is 76.9 Å². The molecule has 0 nitrogen and oxygen atoms in total. The number of benzene rings is 1. The van der Waals surface area contributed by atoms with Gasteiger partial charge in [-0.1, -0.05) is 102 Å². The van der Waals surface area contributed by atoms with E-state index in [4.69, 9.17) is 0 Å². The average molecular weight is 319 g/mol. The first-order chi connectivity index (χ1) is 10.9. The summed E-state index contributed by atoms with van der Waals surface area (Å²) in [5, 5.41) is 0. The van der Waals surface area contributed by atoms with Gasteiger partial charge in [-0.15, -0.1) is 0 Å². The molecular weight excluding hydrogens is 284 g/mol. The van der Waals surface area contributed by atoms with Crippen molar-refractivity contribution in [1.82, 2.24) is 0 Å². The Labute approximate surface area is 142 Å². The maximum absolute atomic E-state index is 3.89. The van der Waals surface area contributed by atoms with E-state index in [2.05, 4.69) is 49.5 Å². The van der Waals surface area contributed by atoms with Gasteiger partial charge in [0.25, 0.3) is 0 Å². The van der Waals surface area contributed by atoms with E-state index in [9.17, 15) is 0 Å². The third-order valence-electron chi connectivity index (χ3n) is 4.17. The zero-order valence-electron chi connectivity index (χ0n) is 14.5. The van der Waals surface area contributed by atoms with E-state index in [0.29, 0.717) is 0 Å². The highest BCUT2D eigenvalue weighted by atomic mass is 32.2. The normalized spacial score (nSPS) is 10.8. The lowest BCUT2D eigenvalue weighted by Gasteiger charge is -2.06. The van der Waals surface area contributed by atoms with Crippen molar-refractivity contribution in [3.8, 4) is 0 Å². The number of rotatable bonds is 14. The summed E-state index contributed by atoms with van der Waals surface area (Å²) in [5.41, 5.74) is 2.72. The quantitative estimate of drug-likeness (QED) is 0.320. The van der Waals surface area contributed by atoms with Gasteiger partial charge in [0.1, 0.15) is 0 Å². The van der Waals surface area contributed by atoms with Crippen LogP contribution >= 0.6 is 11.8 Å². The molecule has 0 saturated carbocycles. The third kappa shape index (κ3) is 9.35. The Morgan fingerprint density at radius 3 is 2.09 bits per heavy atom. The van der Waals surface area contributed by atoms with Gasteiger partial charge in [-0.25, -0.2) is 0 Å². The molecule has 0 aliphatic carbocycles. The molecule has 22 heavy (non-hydrogen) atoms. The van der Waals surface area contributed by atoms with Crippen LogP contribution in [0.4, 0.5) is 0 Å². The molecule has 0 saturated heterocycles. The molecule has 0 aromatic heterocycles. The smallest absolute Gasteiger partial charge is 0.0190 e. The zero-order valence-corrected chi connectivity index (χ0v) is 15.3. The van der Waals surface area contributed by atoms with Gasteiger partial charge in [0.15, 0.2) is 0 Å². The Hall–Kier alpha value is -0.690. The second-order valence-corrected chi connectivity index (χ2v) is 7.24. The number of thioether (sulfide) groups is 1. The van der Waals surface area contributed by atoms with Crippen LogP contribution in [0.2, 0.25) is 0 Å². The van der Waals surface area contributed by atoms with Crippen molar-refractivity contribution in [2.24, 2.45) is 0 Å². The molecule has 0 aliphatic rings. The highest BCUT2D eigenvalue weighted by Gasteiger charge is 1.98. The number of unbranched alkanes of at least 4 members (excludes halogenated alkanes) is 9. The van der Waals surface area contributed by atoms with Crippen LogP contribution in [0.15, 0.2) is 30.8 Å². The van der Waals surface area contributed by atoms with E-state index in [0.717, 1.165) is 5.75 Å². The maximum atomic E-state index is 3.89. The lowest BCUT2D eigenvalue weighted by atomic mass is 10.1. The van der Waals surface area contributed by atoms with Gasteiger partial charge < -0.3 is 0 Å². The summed E-state index contributed by atoms with van der Waals surface area (Å²) >= 11 is 2.07. The van der Waals surface area contributed by atoms with Crippen molar-refractivity contribution in [3.05, 3.63) is 42.0 Å². The maximum Gasteiger partial charge on any atom is 0.0190 e. The minimum absolute atomic E-state index is 1.12. The molecule has 1 heteroatoms. The van der Waals surface area contributed by atoms with Crippen LogP contribution in [-0.4, -0.2) is 5.75 Å². The Balaban J connectivity index is 1.90. The number of hydrogen-bond acceptors (Lipinski definition) is 1. The van der Waals surface area contributed by atoms with Gasteiger partial charge in [-0.3, -0.25) is 0 Å². The van der Waals surface area contributed by atoms with Crippen LogP contribution < -0.4 is 0 Å². The van der Waals surface area contributed by atoms with Crippen molar-refractivity contribution in [1.29, 1.82) is 0 Å². The van der Waals surface area contributed by atoms with E-state index in [-0.39, 0.29) is 0 Å². The molecule has 124 valence electrons. The first kappa shape index (κ1) is 19.4. The minimum Gasteiger partial charge on any atom is -0.157 e. The number of hydrogen-bond donors (Lipinski definition) is 0. The monoisotopic (exact) mass is 318 g/mol. The van der Waals surface area contributed by atoms with Crippen LogP contribution in [0.1, 0.15) is 82.3 Å². The molecule has 0 radical (unpaired) electrons. The SMILES string of the molecule is C=Cc1ccccc1CSCCCCCCCCCCCC. The van der Waals surface area contributed by atoms with Crippen LogP contribution in [0.5, 0.6) is 0 Å². The Morgan fingerprint density at radius 1 is 0.864 bits per heavy atom. The summed E-state index contributed by atoms with van der Waals surface area (Å²) in [6, 6.07) is 8.60. The van der Waals surface area contributed by atoms with E-state index in [1.807, 2.05) is 6.08 Å². The fourth-order valence-corrected chi connectivity index (χ4v) is 3.77. The molecule has 0 N–H and O–H groups in total. The van der Waals surface area contributed by atoms with Crippen molar-refractivity contribution < 1.29 is 0 Å². The van der Waals surface area contributed by atoms with Gasteiger partial charge >= 0.3 is 0 Å². The van der Waals surface area contributed by atoms with Crippen molar-refractivity contribution >= 4 is 17.8 Å². The van der Waals surface area contributed by atoms with Gasteiger partial charge in [0.05, 0.1) is 0 Å². The van der Waals surface area contributed by atoms with E-state index in [1.165, 1.54) is 81.1 Å². The summed E-state index contributed by atoms with van der Waals surface area (Å²) in [7, 11) is 0. The summed E-state index contributed by atoms with van der Waals surface area (Å²) < 4.78 is 0. The zero-order chi connectivity index (χ0) is 15.9. The third-order valence-corrected chi connectivity index (χ3v) is 5.27.